The van der Waals surface area contributed by atoms with Gasteiger partial charge in [-0.05, 0) is 98.5 Å². The van der Waals surface area contributed by atoms with Crippen LogP contribution in [0.15, 0.2) is 100 Å². The first kappa shape index (κ1) is 39.8. The lowest BCUT2D eigenvalue weighted by Crippen LogP contribution is -2.10. The van der Waals surface area contributed by atoms with Crippen LogP contribution in [-0.2, 0) is 21.7 Å². The number of benzene rings is 5. The van der Waals surface area contributed by atoms with E-state index in [1.807, 2.05) is 6.07 Å². The zero-order valence-electron chi connectivity index (χ0n) is 38.6. The predicted octanol–water partition coefficient (Wildman–Crippen LogP) is 14.3. The molecule has 0 aliphatic carbocycles. The van der Waals surface area contributed by atoms with Crippen LogP contribution in [0.4, 0.5) is 0 Å². The molecule has 0 amide bonds. The van der Waals surface area contributed by atoms with E-state index in [2.05, 4.69) is 171 Å². The van der Waals surface area contributed by atoms with Gasteiger partial charge in [-0.1, -0.05) is 107 Å². The maximum absolute atomic E-state index is 10.7. The number of aromatic nitrogens is 6. The van der Waals surface area contributed by atoms with E-state index in [4.69, 9.17) is 28.8 Å². The number of nitriles is 1. The first-order valence-corrected chi connectivity index (χ1v) is 22.1. The van der Waals surface area contributed by atoms with Crippen LogP contribution in [0.25, 0.3) is 99.6 Å². The molecule has 11 aromatic rings. The van der Waals surface area contributed by atoms with E-state index in [9.17, 15) is 5.26 Å². The molecule has 0 saturated carbocycles. The number of hydrogen-bond donors (Lipinski definition) is 0. The SMILES string of the molecule is CC(C)(C)c1ccc2c(c1)c1cc(C(C)(C)C)ccc1n2-c1ncc2c(n1)oc1c(C#N)c3oc4nc(-n5c6ccc(C(C)(C)C)cc6c6cc(C(C)(C)C)ccc65)ncc4c3cc12. The highest BCUT2D eigenvalue weighted by molar-refractivity contribution is 6.17. The van der Waals surface area contributed by atoms with Gasteiger partial charge < -0.3 is 8.83 Å². The Morgan fingerprint density at radius 3 is 1.02 bits per heavy atom. The fourth-order valence-corrected chi connectivity index (χ4v) is 9.35. The van der Waals surface area contributed by atoms with Crippen LogP contribution in [0.5, 0.6) is 0 Å². The van der Waals surface area contributed by atoms with Crippen molar-refractivity contribution in [3.05, 3.63) is 119 Å². The quantitative estimate of drug-likeness (QED) is 0.170. The summed E-state index contributed by atoms with van der Waals surface area (Å²) in [4.78, 5) is 20.1. The number of furan rings is 2. The zero-order valence-corrected chi connectivity index (χ0v) is 38.6. The largest absolute Gasteiger partial charge is 0.436 e. The summed E-state index contributed by atoms with van der Waals surface area (Å²) in [5, 5.41) is 18.2. The third-order valence-electron chi connectivity index (χ3n) is 13.2. The van der Waals surface area contributed by atoms with E-state index in [-0.39, 0.29) is 27.2 Å². The Morgan fingerprint density at radius 2 is 0.734 bits per heavy atom. The van der Waals surface area contributed by atoms with Crippen molar-refractivity contribution in [2.24, 2.45) is 0 Å². The van der Waals surface area contributed by atoms with Crippen LogP contribution in [-0.4, -0.2) is 29.1 Å². The molecule has 0 saturated heterocycles. The fraction of sp³-hybridized carbons (Fsp3) is 0.291. The molecule has 9 heteroatoms. The van der Waals surface area contributed by atoms with Crippen molar-refractivity contribution in [1.29, 1.82) is 5.26 Å². The lowest BCUT2D eigenvalue weighted by Gasteiger charge is -2.19. The average molecular weight is 842 g/mol. The van der Waals surface area contributed by atoms with Gasteiger partial charge in [0.2, 0.25) is 23.3 Å². The minimum absolute atomic E-state index is 0.0226. The van der Waals surface area contributed by atoms with Crippen LogP contribution < -0.4 is 0 Å². The van der Waals surface area contributed by atoms with Crippen molar-refractivity contribution < 1.29 is 8.83 Å². The monoisotopic (exact) mass is 841 g/mol. The van der Waals surface area contributed by atoms with Gasteiger partial charge in [-0.25, -0.2) is 9.97 Å². The molecular formula is C55H51N7O2. The van der Waals surface area contributed by atoms with Gasteiger partial charge in [0.05, 0.1) is 32.8 Å². The molecule has 0 unspecified atom stereocenters. The highest BCUT2D eigenvalue weighted by Crippen LogP contribution is 2.42. The van der Waals surface area contributed by atoms with Gasteiger partial charge in [0.15, 0.2) is 11.2 Å². The van der Waals surface area contributed by atoms with Gasteiger partial charge >= 0.3 is 0 Å². The van der Waals surface area contributed by atoms with Crippen molar-refractivity contribution in [1.82, 2.24) is 29.1 Å². The Bertz CT molecular complexity index is 3450. The number of nitrogens with zero attached hydrogens (tertiary/aromatic N) is 7. The molecule has 64 heavy (non-hydrogen) atoms. The van der Waals surface area contributed by atoms with Crippen molar-refractivity contribution in [2.45, 2.75) is 105 Å². The number of rotatable bonds is 2. The van der Waals surface area contributed by atoms with E-state index in [0.29, 0.717) is 45.3 Å². The Balaban J connectivity index is 1.08. The Kier molecular flexibility index (Phi) is 8.09. The summed E-state index contributed by atoms with van der Waals surface area (Å²) < 4.78 is 17.3. The van der Waals surface area contributed by atoms with E-state index in [1.54, 1.807) is 12.4 Å². The molecule has 318 valence electrons. The lowest BCUT2D eigenvalue weighted by atomic mass is 9.85. The summed E-state index contributed by atoms with van der Waals surface area (Å²) in [6.07, 6.45) is 3.60. The summed E-state index contributed by atoms with van der Waals surface area (Å²) in [7, 11) is 0. The van der Waals surface area contributed by atoms with Gasteiger partial charge in [0.25, 0.3) is 0 Å². The second kappa shape index (κ2) is 13.0. The van der Waals surface area contributed by atoms with Gasteiger partial charge in [-0.3, -0.25) is 9.13 Å². The number of fused-ring (bicyclic) bond motifs is 12. The molecule has 0 fully saturated rings. The summed E-state index contributed by atoms with van der Waals surface area (Å²) >= 11 is 0. The summed E-state index contributed by atoms with van der Waals surface area (Å²) in [5.74, 6) is 0.975. The van der Waals surface area contributed by atoms with Crippen LogP contribution in [0.2, 0.25) is 0 Å². The first-order chi connectivity index (χ1) is 30.2. The molecule has 0 bridgehead atoms. The third-order valence-corrected chi connectivity index (χ3v) is 13.2. The fourth-order valence-electron chi connectivity index (χ4n) is 9.35. The molecule has 11 rings (SSSR count). The van der Waals surface area contributed by atoms with Gasteiger partial charge in [-0.2, -0.15) is 15.2 Å². The number of hydrogen-bond acceptors (Lipinski definition) is 7. The van der Waals surface area contributed by atoms with E-state index < -0.39 is 0 Å². The second-order valence-corrected chi connectivity index (χ2v) is 21.7. The van der Waals surface area contributed by atoms with Crippen molar-refractivity contribution in [2.75, 3.05) is 0 Å². The highest BCUT2D eigenvalue weighted by atomic mass is 16.4. The second-order valence-electron chi connectivity index (χ2n) is 21.7. The maximum atomic E-state index is 10.7. The summed E-state index contributed by atoms with van der Waals surface area (Å²) in [6, 6.07) is 31.1. The molecule has 0 aliphatic heterocycles. The van der Waals surface area contributed by atoms with E-state index in [1.165, 1.54) is 22.3 Å². The molecule has 0 spiro atoms. The molecule has 5 aromatic carbocycles. The predicted molar refractivity (Wildman–Crippen MR) is 260 cm³/mol. The highest BCUT2D eigenvalue weighted by Gasteiger charge is 2.27. The molecule has 0 radical (unpaired) electrons. The molecular weight excluding hydrogens is 791 g/mol. The van der Waals surface area contributed by atoms with Gasteiger partial charge in [0, 0.05) is 44.7 Å². The molecule has 0 atom stereocenters. The summed E-state index contributed by atoms with van der Waals surface area (Å²) in [5.41, 5.74) is 10.8. The minimum Gasteiger partial charge on any atom is -0.436 e. The average Bonchev–Trinajstić information content (AvgIpc) is 3.97. The van der Waals surface area contributed by atoms with Crippen molar-refractivity contribution in [3.63, 3.8) is 0 Å². The smallest absolute Gasteiger partial charge is 0.237 e. The zero-order chi connectivity index (χ0) is 45.0. The van der Waals surface area contributed by atoms with Crippen LogP contribution in [0.1, 0.15) is 111 Å². The van der Waals surface area contributed by atoms with Gasteiger partial charge in [0.1, 0.15) is 11.6 Å². The van der Waals surface area contributed by atoms with Crippen LogP contribution in [0.3, 0.4) is 0 Å². The first-order valence-electron chi connectivity index (χ1n) is 22.1. The molecule has 9 nitrogen and oxygen atoms in total. The Hall–Kier alpha value is -7.05. The van der Waals surface area contributed by atoms with Crippen molar-refractivity contribution >= 4 is 87.7 Å². The topological polar surface area (TPSA) is 111 Å². The van der Waals surface area contributed by atoms with Crippen LogP contribution >= 0.6 is 0 Å². The summed E-state index contributed by atoms with van der Waals surface area (Å²) in [6.45, 7) is 26.9. The third kappa shape index (κ3) is 5.88. The molecule has 6 aromatic heterocycles. The van der Waals surface area contributed by atoms with E-state index in [0.717, 1.165) is 54.4 Å². The Labute approximate surface area is 371 Å². The van der Waals surface area contributed by atoms with Gasteiger partial charge in [-0.15, -0.1) is 0 Å². The molecule has 0 aliphatic rings. The normalized spacial score (nSPS) is 13.3. The van der Waals surface area contributed by atoms with Crippen molar-refractivity contribution in [3.8, 4) is 18.0 Å². The van der Waals surface area contributed by atoms with E-state index >= 15 is 0 Å². The standard InChI is InChI=1S/C55H51N7O2/c1-52(2,3)29-13-17-42-33(21-29)34-22-30(53(4,5)6)14-18-43(34)61(42)50-57-27-40-37-25-38-41-28-58-51(60-49(41)64-47(38)39(26-56)46(37)63-48(40)59-50)62-44-19-15-31(54(7,8)9)23-35(44)36-24-32(55(10,11)12)16-20-45(36)62/h13-25,27-28H,1-12H3. The van der Waals surface area contributed by atoms with Crippen LogP contribution in [0, 0.1) is 11.3 Å². The molecule has 0 N–H and O–H groups in total. The molecule has 6 heterocycles. The Morgan fingerprint density at radius 1 is 0.422 bits per heavy atom. The maximum Gasteiger partial charge on any atom is 0.237 e. The lowest BCUT2D eigenvalue weighted by molar-refractivity contribution is 0.590. The minimum atomic E-state index is -0.0226.